The lowest BCUT2D eigenvalue weighted by Crippen LogP contribution is -2.29. The van der Waals surface area contributed by atoms with E-state index in [2.05, 4.69) is 16.9 Å². The summed E-state index contributed by atoms with van der Waals surface area (Å²) >= 11 is 1.64. The SMILES string of the molecule is CC(=O)c1csc(C2CCN(C)CC2)n1. The van der Waals surface area contributed by atoms with E-state index >= 15 is 0 Å². The first-order valence-electron chi connectivity index (χ1n) is 5.31. The van der Waals surface area contributed by atoms with Crippen molar-refractivity contribution in [2.24, 2.45) is 0 Å². The Morgan fingerprint density at radius 3 is 2.73 bits per heavy atom. The Morgan fingerprint density at radius 2 is 2.20 bits per heavy atom. The highest BCUT2D eigenvalue weighted by Gasteiger charge is 2.21. The summed E-state index contributed by atoms with van der Waals surface area (Å²) in [6.07, 6.45) is 2.34. The van der Waals surface area contributed by atoms with Gasteiger partial charge in [-0.15, -0.1) is 11.3 Å². The van der Waals surface area contributed by atoms with Gasteiger partial charge < -0.3 is 4.90 Å². The van der Waals surface area contributed by atoms with Crippen LogP contribution >= 0.6 is 11.3 Å². The van der Waals surface area contributed by atoms with Crippen LogP contribution in [-0.2, 0) is 0 Å². The largest absolute Gasteiger partial charge is 0.306 e. The van der Waals surface area contributed by atoms with Gasteiger partial charge in [0.2, 0.25) is 0 Å². The highest BCUT2D eigenvalue weighted by Crippen LogP contribution is 2.29. The number of carbonyl (C=O) groups excluding carboxylic acids is 1. The molecule has 0 atom stereocenters. The van der Waals surface area contributed by atoms with E-state index in [0.29, 0.717) is 11.6 Å². The van der Waals surface area contributed by atoms with E-state index in [1.165, 1.54) is 12.8 Å². The standard InChI is InChI=1S/C11H16N2OS/c1-8(14)10-7-15-11(12-10)9-3-5-13(2)6-4-9/h7,9H,3-6H2,1-2H3. The van der Waals surface area contributed by atoms with Crippen molar-refractivity contribution in [2.45, 2.75) is 25.7 Å². The monoisotopic (exact) mass is 224 g/mol. The molecule has 4 heteroatoms. The van der Waals surface area contributed by atoms with Gasteiger partial charge in [-0.2, -0.15) is 0 Å². The van der Waals surface area contributed by atoms with Gasteiger partial charge in [0.05, 0.1) is 5.01 Å². The number of carbonyl (C=O) groups is 1. The number of Topliss-reactive ketones (excluding diaryl/α,β-unsaturated/α-hetero) is 1. The Labute approximate surface area is 94.1 Å². The molecule has 1 fully saturated rings. The summed E-state index contributed by atoms with van der Waals surface area (Å²) in [4.78, 5) is 17.9. The number of aromatic nitrogens is 1. The zero-order valence-corrected chi connectivity index (χ0v) is 10.0. The van der Waals surface area contributed by atoms with E-state index < -0.39 is 0 Å². The minimum atomic E-state index is 0.0745. The van der Waals surface area contributed by atoms with Gasteiger partial charge in [-0.25, -0.2) is 4.98 Å². The van der Waals surface area contributed by atoms with E-state index in [9.17, 15) is 4.79 Å². The number of hydrogen-bond acceptors (Lipinski definition) is 4. The zero-order chi connectivity index (χ0) is 10.8. The molecular formula is C11H16N2OS. The first kappa shape index (κ1) is 10.8. The lowest BCUT2D eigenvalue weighted by molar-refractivity contribution is 0.101. The number of likely N-dealkylation sites (tertiary alicyclic amines) is 1. The number of nitrogens with zero attached hydrogens (tertiary/aromatic N) is 2. The summed E-state index contributed by atoms with van der Waals surface area (Å²) < 4.78 is 0. The fraction of sp³-hybridized carbons (Fsp3) is 0.636. The van der Waals surface area contributed by atoms with Crippen LogP contribution in [0.3, 0.4) is 0 Å². The van der Waals surface area contributed by atoms with Gasteiger partial charge in [0, 0.05) is 18.2 Å². The summed E-state index contributed by atoms with van der Waals surface area (Å²) in [6.45, 7) is 3.85. The van der Waals surface area contributed by atoms with Crippen molar-refractivity contribution < 1.29 is 4.79 Å². The third kappa shape index (κ3) is 2.44. The normalized spacial score (nSPS) is 19.3. The third-order valence-electron chi connectivity index (χ3n) is 2.95. The Bertz CT molecular complexity index is 353. The summed E-state index contributed by atoms with van der Waals surface area (Å²) in [7, 11) is 2.15. The molecule has 82 valence electrons. The minimum Gasteiger partial charge on any atom is -0.306 e. The molecule has 0 unspecified atom stereocenters. The molecule has 0 saturated carbocycles. The molecule has 1 saturated heterocycles. The molecule has 0 aliphatic carbocycles. The van der Waals surface area contributed by atoms with Crippen molar-refractivity contribution in [3.05, 3.63) is 16.1 Å². The van der Waals surface area contributed by atoms with Crippen LogP contribution in [0.2, 0.25) is 0 Å². The maximum absolute atomic E-state index is 11.1. The molecule has 2 rings (SSSR count). The molecule has 0 amide bonds. The minimum absolute atomic E-state index is 0.0745. The Kier molecular flexibility index (Phi) is 3.17. The third-order valence-corrected chi connectivity index (χ3v) is 3.96. The van der Waals surface area contributed by atoms with Gasteiger partial charge in [-0.3, -0.25) is 4.79 Å². The highest BCUT2D eigenvalue weighted by atomic mass is 32.1. The van der Waals surface area contributed by atoms with E-state index in [0.717, 1.165) is 18.1 Å². The van der Waals surface area contributed by atoms with Crippen LogP contribution in [0.5, 0.6) is 0 Å². The van der Waals surface area contributed by atoms with Crippen LogP contribution in [0.25, 0.3) is 0 Å². The number of thiazole rings is 1. The van der Waals surface area contributed by atoms with E-state index in [1.54, 1.807) is 18.3 Å². The van der Waals surface area contributed by atoms with Gasteiger partial charge in [0.15, 0.2) is 5.78 Å². The second-order valence-corrected chi connectivity index (χ2v) is 5.09. The summed E-state index contributed by atoms with van der Waals surface area (Å²) in [5, 5.41) is 3.03. The van der Waals surface area contributed by atoms with Crippen molar-refractivity contribution in [1.82, 2.24) is 9.88 Å². The Balaban J connectivity index is 2.06. The van der Waals surface area contributed by atoms with Crippen molar-refractivity contribution >= 4 is 17.1 Å². The molecule has 2 heterocycles. The van der Waals surface area contributed by atoms with Crippen LogP contribution in [0.1, 0.15) is 41.2 Å². The summed E-state index contributed by atoms with van der Waals surface area (Å²) in [5.41, 5.74) is 0.633. The molecule has 1 aliphatic heterocycles. The highest BCUT2D eigenvalue weighted by molar-refractivity contribution is 7.09. The number of ketones is 1. The molecule has 0 aromatic carbocycles. The first-order chi connectivity index (χ1) is 7.16. The maximum atomic E-state index is 11.1. The van der Waals surface area contributed by atoms with Gasteiger partial charge in [-0.05, 0) is 33.0 Å². The Hall–Kier alpha value is -0.740. The predicted molar refractivity (Wildman–Crippen MR) is 61.6 cm³/mol. The molecule has 15 heavy (non-hydrogen) atoms. The van der Waals surface area contributed by atoms with E-state index in [1.807, 2.05) is 5.38 Å². The molecular weight excluding hydrogens is 208 g/mol. The van der Waals surface area contributed by atoms with Crippen LogP contribution in [0.4, 0.5) is 0 Å². The fourth-order valence-corrected chi connectivity index (χ4v) is 2.92. The molecule has 1 aromatic rings. The molecule has 1 aliphatic rings. The number of rotatable bonds is 2. The van der Waals surface area contributed by atoms with Crippen LogP contribution < -0.4 is 0 Å². The number of piperidine rings is 1. The van der Waals surface area contributed by atoms with Gasteiger partial charge in [0.1, 0.15) is 5.69 Å². The van der Waals surface area contributed by atoms with E-state index in [-0.39, 0.29) is 5.78 Å². The first-order valence-corrected chi connectivity index (χ1v) is 6.19. The second-order valence-electron chi connectivity index (χ2n) is 4.20. The molecule has 0 spiro atoms. The quantitative estimate of drug-likeness (QED) is 0.722. The van der Waals surface area contributed by atoms with Gasteiger partial charge >= 0.3 is 0 Å². The maximum Gasteiger partial charge on any atom is 0.178 e. The van der Waals surface area contributed by atoms with E-state index in [4.69, 9.17) is 0 Å². The lowest BCUT2D eigenvalue weighted by atomic mass is 9.98. The van der Waals surface area contributed by atoms with Crippen LogP contribution in [0, 0.1) is 0 Å². The molecule has 3 nitrogen and oxygen atoms in total. The Morgan fingerprint density at radius 1 is 1.53 bits per heavy atom. The van der Waals surface area contributed by atoms with Gasteiger partial charge in [-0.1, -0.05) is 0 Å². The topological polar surface area (TPSA) is 33.2 Å². The van der Waals surface area contributed by atoms with Crippen molar-refractivity contribution in [2.75, 3.05) is 20.1 Å². The smallest absolute Gasteiger partial charge is 0.178 e. The average molecular weight is 224 g/mol. The fourth-order valence-electron chi connectivity index (χ4n) is 1.89. The van der Waals surface area contributed by atoms with Crippen LogP contribution in [-0.4, -0.2) is 35.8 Å². The van der Waals surface area contributed by atoms with Crippen LogP contribution in [0.15, 0.2) is 5.38 Å². The van der Waals surface area contributed by atoms with Crippen molar-refractivity contribution in [3.8, 4) is 0 Å². The van der Waals surface area contributed by atoms with Crippen molar-refractivity contribution in [3.63, 3.8) is 0 Å². The van der Waals surface area contributed by atoms with Crippen molar-refractivity contribution in [1.29, 1.82) is 0 Å². The predicted octanol–water partition coefficient (Wildman–Crippen LogP) is 2.15. The molecule has 0 radical (unpaired) electrons. The van der Waals surface area contributed by atoms with Gasteiger partial charge in [0.25, 0.3) is 0 Å². The lowest BCUT2D eigenvalue weighted by Gasteiger charge is -2.27. The summed E-state index contributed by atoms with van der Waals surface area (Å²) in [6, 6.07) is 0. The number of hydrogen-bond donors (Lipinski definition) is 0. The molecule has 1 aromatic heterocycles. The zero-order valence-electron chi connectivity index (χ0n) is 9.19. The second kappa shape index (κ2) is 4.41. The molecule has 0 bridgehead atoms. The molecule has 0 N–H and O–H groups in total. The summed E-state index contributed by atoms with van der Waals surface area (Å²) in [5.74, 6) is 0.643. The average Bonchev–Trinajstić information content (AvgIpc) is 2.68.